The van der Waals surface area contributed by atoms with Crippen molar-refractivity contribution in [2.24, 2.45) is 0 Å². The van der Waals surface area contributed by atoms with Crippen molar-refractivity contribution in [2.45, 2.75) is 6.17 Å². The lowest BCUT2D eigenvalue weighted by Crippen LogP contribution is -2.52. The van der Waals surface area contributed by atoms with Crippen LogP contribution in [0.3, 0.4) is 0 Å². The van der Waals surface area contributed by atoms with E-state index in [1.165, 1.54) is 17.5 Å². The van der Waals surface area contributed by atoms with Crippen LogP contribution < -0.4 is 10.7 Å². The van der Waals surface area contributed by atoms with Crippen molar-refractivity contribution >= 4 is 33.4 Å². The van der Waals surface area contributed by atoms with E-state index in [9.17, 15) is 9.59 Å². The van der Waals surface area contributed by atoms with Crippen LogP contribution in [-0.2, 0) is 0 Å². The van der Waals surface area contributed by atoms with Crippen LogP contribution in [0.5, 0.6) is 0 Å². The van der Waals surface area contributed by atoms with Gasteiger partial charge in [-0.15, -0.1) is 0 Å². The fourth-order valence-electron chi connectivity index (χ4n) is 2.81. The van der Waals surface area contributed by atoms with E-state index >= 15 is 0 Å². The molecule has 3 aromatic rings. The Morgan fingerprint density at radius 2 is 1.88 bits per heavy atom. The topological polar surface area (TPSA) is 74.6 Å². The summed E-state index contributed by atoms with van der Waals surface area (Å²) in [5.41, 5.74) is 5.08. The molecule has 0 aliphatic carbocycles. The second kappa shape index (κ2) is 6.68. The molecule has 0 bridgehead atoms. The molecule has 2 aromatic carbocycles. The molecule has 0 fully saturated rings. The first-order valence-electron chi connectivity index (χ1n) is 7.91. The highest BCUT2D eigenvalue weighted by molar-refractivity contribution is 9.10. The number of halogens is 1. The molecule has 1 aromatic heterocycles. The number of hydrogen-bond acceptors (Lipinski definition) is 4. The molecule has 6 nitrogen and oxygen atoms in total. The highest BCUT2D eigenvalue weighted by Gasteiger charge is 2.34. The second-order valence-corrected chi connectivity index (χ2v) is 6.69. The van der Waals surface area contributed by atoms with Crippen molar-refractivity contribution in [3.05, 3.63) is 88.3 Å². The molecule has 0 radical (unpaired) electrons. The van der Waals surface area contributed by atoms with Crippen LogP contribution in [-0.4, -0.2) is 16.8 Å². The van der Waals surface area contributed by atoms with E-state index < -0.39 is 6.17 Å². The van der Waals surface area contributed by atoms with Crippen LogP contribution >= 0.6 is 15.9 Å². The van der Waals surface area contributed by atoms with Gasteiger partial charge in [0.25, 0.3) is 11.8 Å². The highest BCUT2D eigenvalue weighted by Crippen LogP contribution is 2.32. The van der Waals surface area contributed by atoms with Crippen molar-refractivity contribution in [1.29, 1.82) is 0 Å². The molecule has 26 heavy (non-hydrogen) atoms. The predicted molar refractivity (Wildman–Crippen MR) is 99.3 cm³/mol. The largest absolute Gasteiger partial charge is 0.472 e. The number of furan rings is 1. The quantitative estimate of drug-likeness (QED) is 0.683. The lowest BCUT2D eigenvalue weighted by Gasteiger charge is -2.37. The summed E-state index contributed by atoms with van der Waals surface area (Å²) in [6.07, 6.45) is 2.49. The van der Waals surface area contributed by atoms with E-state index in [0.29, 0.717) is 16.8 Å². The van der Waals surface area contributed by atoms with E-state index in [0.717, 1.165) is 10.0 Å². The number of rotatable bonds is 3. The van der Waals surface area contributed by atoms with E-state index in [1.807, 2.05) is 12.1 Å². The van der Waals surface area contributed by atoms with Gasteiger partial charge in [-0.25, -0.2) is 5.01 Å². The molecule has 2 amide bonds. The highest BCUT2D eigenvalue weighted by atomic mass is 79.9. The van der Waals surface area contributed by atoms with Gasteiger partial charge in [-0.1, -0.05) is 28.1 Å². The van der Waals surface area contributed by atoms with Gasteiger partial charge in [0.15, 0.2) is 6.17 Å². The fraction of sp³-hybridized carbons (Fsp3) is 0.0526. The van der Waals surface area contributed by atoms with E-state index in [2.05, 4.69) is 26.7 Å². The molecule has 1 aliphatic heterocycles. The maximum Gasteiger partial charge on any atom is 0.276 e. The summed E-state index contributed by atoms with van der Waals surface area (Å²) in [5, 5.41) is 4.56. The number of carbonyl (C=O) groups is 2. The minimum Gasteiger partial charge on any atom is -0.472 e. The number of nitrogens with one attached hydrogen (secondary N) is 2. The summed E-state index contributed by atoms with van der Waals surface area (Å²) in [6, 6.07) is 15.8. The van der Waals surface area contributed by atoms with Gasteiger partial charge in [-0.05, 0) is 42.5 Å². The molecule has 0 saturated carbocycles. The Morgan fingerprint density at radius 1 is 1.12 bits per heavy atom. The minimum absolute atomic E-state index is 0.295. The van der Waals surface area contributed by atoms with Crippen LogP contribution in [0.4, 0.5) is 5.69 Å². The molecule has 1 atom stereocenters. The third-order valence-corrected chi connectivity index (χ3v) is 4.64. The average Bonchev–Trinajstić information content (AvgIpc) is 3.19. The number of benzene rings is 2. The number of hydrogen-bond donors (Lipinski definition) is 2. The monoisotopic (exact) mass is 411 g/mol. The Morgan fingerprint density at radius 3 is 2.62 bits per heavy atom. The van der Waals surface area contributed by atoms with Crippen LogP contribution in [0.15, 0.2) is 76.0 Å². The molecule has 0 unspecified atom stereocenters. The van der Waals surface area contributed by atoms with Crippen molar-refractivity contribution in [3.63, 3.8) is 0 Å². The molecule has 4 rings (SSSR count). The zero-order valence-electron chi connectivity index (χ0n) is 13.5. The molecule has 1 aliphatic rings. The summed E-state index contributed by atoms with van der Waals surface area (Å²) in [5.74, 6) is -0.670. The van der Waals surface area contributed by atoms with E-state index in [-0.39, 0.29) is 11.8 Å². The van der Waals surface area contributed by atoms with Crippen molar-refractivity contribution in [1.82, 2.24) is 10.4 Å². The van der Waals surface area contributed by atoms with Gasteiger partial charge in [-0.2, -0.15) is 0 Å². The summed E-state index contributed by atoms with van der Waals surface area (Å²) in [6.45, 7) is 0. The second-order valence-electron chi connectivity index (χ2n) is 5.77. The zero-order chi connectivity index (χ0) is 18.1. The molecule has 130 valence electrons. The predicted octanol–water partition coefficient (Wildman–Crippen LogP) is 3.95. The van der Waals surface area contributed by atoms with Crippen LogP contribution in [0.2, 0.25) is 0 Å². The first kappa shape index (κ1) is 16.4. The minimum atomic E-state index is -0.574. The Hall–Kier alpha value is -3.06. The van der Waals surface area contributed by atoms with Gasteiger partial charge in [0.1, 0.15) is 0 Å². The fourth-order valence-corrected chi connectivity index (χ4v) is 3.07. The smallest absolute Gasteiger partial charge is 0.276 e. The SMILES string of the molecule is O=C(NN1C(=O)c2ccccc2N[C@@H]1c1ccoc1)c1ccc(Br)cc1. The Kier molecular flexibility index (Phi) is 4.22. The van der Waals surface area contributed by atoms with Crippen LogP contribution in [0.25, 0.3) is 0 Å². The maximum absolute atomic E-state index is 13.0. The van der Waals surface area contributed by atoms with Crippen molar-refractivity contribution in [3.8, 4) is 0 Å². The van der Waals surface area contributed by atoms with E-state index in [1.54, 1.807) is 42.5 Å². The van der Waals surface area contributed by atoms with Gasteiger partial charge in [0, 0.05) is 21.3 Å². The lowest BCUT2D eigenvalue weighted by molar-refractivity contribution is 0.0490. The maximum atomic E-state index is 13.0. The molecule has 2 heterocycles. The van der Waals surface area contributed by atoms with Crippen LogP contribution in [0.1, 0.15) is 32.4 Å². The van der Waals surface area contributed by atoms with Gasteiger partial charge < -0.3 is 9.73 Å². The molecule has 0 spiro atoms. The first-order chi connectivity index (χ1) is 12.6. The number of hydrazine groups is 1. The van der Waals surface area contributed by atoms with Crippen molar-refractivity contribution in [2.75, 3.05) is 5.32 Å². The summed E-state index contributed by atoms with van der Waals surface area (Å²) >= 11 is 3.34. The van der Waals surface area contributed by atoms with Gasteiger partial charge >= 0.3 is 0 Å². The lowest BCUT2D eigenvalue weighted by atomic mass is 10.1. The van der Waals surface area contributed by atoms with Crippen LogP contribution in [0, 0.1) is 0 Å². The number of anilines is 1. The Bertz CT molecular complexity index is 954. The third kappa shape index (κ3) is 2.97. The zero-order valence-corrected chi connectivity index (χ0v) is 15.1. The summed E-state index contributed by atoms with van der Waals surface area (Å²) in [7, 11) is 0. The molecule has 7 heteroatoms. The number of carbonyl (C=O) groups excluding carboxylic acids is 2. The van der Waals surface area contributed by atoms with Crippen molar-refractivity contribution < 1.29 is 14.0 Å². The van der Waals surface area contributed by atoms with Gasteiger partial charge in [-0.3, -0.25) is 15.0 Å². The molecular weight excluding hydrogens is 398 g/mol. The number of amides is 2. The molecule has 2 N–H and O–H groups in total. The standard InChI is InChI=1S/C19H14BrN3O3/c20-14-7-5-12(6-8-14)18(24)22-23-17(13-9-10-26-11-13)21-16-4-2-1-3-15(16)19(23)25/h1-11,17,21H,(H,22,24)/t17-/m0/s1. The molecule has 0 saturated heterocycles. The number of nitrogens with zero attached hydrogens (tertiary/aromatic N) is 1. The number of para-hydroxylation sites is 1. The third-order valence-electron chi connectivity index (χ3n) is 4.11. The summed E-state index contributed by atoms with van der Waals surface area (Å²) in [4.78, 5) is 25.6. The van der Waals surface area contributed by atoms with Gasteiger partial charge in [0.05, 0.1) is 18.1 Å². The first-order valence-corrected chi connectivity index (χ1v) is 8.70. The summed E-state index contributed by atoms with van der Waals surface area (Å²) < 4.78 is 6.02. The van der Waals surface area contributed by atoms with E-state index in [4.69, 9.17) is 4.42 Å². The number of fused-ring (bicyclic) bond motifs is 1. The Balaban J connectivity index is 1.68. The average molecular weight is 412 g/mol. The Labute approximate surface area is 157 Å². The normalized spacial score (nSPS) is 16.0. The molecular formula is C19H14BrN3O3. The van der Waals surface area contributed by atoms with Gasteiger partial charge in [0.2, 0.25) is 0 Å².